The van der Waals surface area contributed by atoms with Gasteiger partial charge in [-0.25, -0.2) is 0 Å². The molecule has 0 bridgehead atoms. The fourth-order valence-corrected chi connectivity index (χ4v) is 2.41. The zero-order valence-corrected chi connectivity index (χ0v) is 11.7. The molecule has 0 aromatic carbocycles. The quantitative estimate of drug-likeness (QED) is 0.780. The van der Waals surface area contributed by atoms with Gasteiger partial charge in [-0.05, 0) is 25.3 Å². The Bertz CT molecular complexity index is 458. The average Bonchev–Trinajstić information content (AvgIpc) is 2.48. The van der Waals surface area contributed by atoms with Gasteiger partial charge >= 0.3 is 0 Å². The highest BCUT2D eigenvalue weighted by Crippen LogP contribution is 2.20. The van der Waals surface area contributed by atoms with Crippen molar-refractivity contribution < 1.29 is 9.53 Å². The summed E-state index contributed by atoms with van der Waals surface area (Å²) in [5, 5.41) is 2.82. The minimum atomic E-state index is -0.206. The van der Waals surface area contributed by atoms with Gasteiger partial charge in [0.2, 0.25) is 5.56 Å². The lowest BCUT2D eigenvalue weighted by Crippen LogP contribution is -2.26. The van der Waals surface area contributed by atoms with Crippen molar-refractivity contribution in [1.29, 1.82) is 0 Å². The Morgan fingerprint density at radius 3 is 2.80 bits per heavy atom. The third-order valence-corrected chi connectivity index (χ3v) is 3.56. The van der Waals surface area contributed by atoms with Crippen LogP contribution in [0.25, 0.3) is 0 Å². The van der Waals surface area contributed by atoms with Gasteiger partial charge in [-0.3, -0.25) is 9.59 Å². The molecule has 2 N–H and O–H groups in total. The first-order chi connectivity index (χ1) is 9.75. The van der Waals surface area contributed by atoms with Gasteiger partial charge in [-0.2, -0.15) is 0 Å². The normalized spacial score (nSPS) is 16.0. The molecule has 5 nitrogen and oxygen atoms in total. The molecule has 1 amide bonds. The highest BCUT2D eigenvalue weighted by Gasteiger charge is 2.13. The van der Waals surface area contributed by atoms with Crippen LogP contribution in [0, 0.1) is 0 Å². The van der Waals surface area contributed by atoms with Crippen molar-refractivity contribution in [2.75, 3.05) is 13.2 Å². The topological polar surface area (TPSA) is 71.2 Å². The highest BCUT2D eigenvalue weighted by molar-refractivity contribution is 5.93. The zero-order valence-electron chi connectivity index (χ0n) is 11.7. The number of ether oxygens (including phenoxy) is 1. The van der Waals surface area contributed by atoms with Crippen molar-refractivity contribution in [3.63, 3.8) is 0 Å². The van der Waals surface area contributed by atoms with Crippen LogP contribution >= 0.6 is 0 Å². The SMILES string of the molecule is O=C(NCCCOC1CCCCC1)c1ccc(=O)[nH]c1. The van der Waals surface area contributed by atoms with Crippen LogP contribution in [-0.4, -0.2) is 30.1 Å². The van der Waals surface area contributed by atoms with Gasteiger partial charge in [-0.15, -0.1) is 0 Å². The molecule has 1 heterocycles. The Kier molecular flexibility index (Phi) is 5.80. The van der Waals surface area contributed by atoms with Gasteiger partial charge in [-0.1, -0.05) is 19.3 Å². The molecule has 0 saturated heterocycles. The molecule has 5 heteroatoms. The Balaban J connectivity index is 1.59. The second kappa shape index (κ2) is 7.85. The summed E-state index contributed by atoms with van der Waals surface area (Å²) in [6, 6.07) is 2.87. The van der Waals surface area contributed by atoms with Gasteiger partial charge in [0.25, 0.3) is 5.91 Å². The molecule has 1 aliphatic carbocycles. The van der Waals surface area contributed by atoms with Crippen LogP contribution in [-0.2, 0) is 4.74 Å². The fraction of sp³-hybridized carbons (Fsp3) is 0.600. The van der Waals surface area contributed by atoms with E-state index in [1.807, 2.05) is 0 Å². The van der Waals surface area contributed by atoms with Gasteiger partial charge in [0.05, 0.1) is 11.7 Å². The number of rotatable bonds is 6. The van der Waals surface area contributed by atoms with Gasteiger partial charge in [0.15, 0.2) is 0 Å². The molecule has 1 aromatic heterocycles. The number of amides is 1. The third-order valence-electron chi connectivity index (χ3n) is 3.56. The van der Waals surface area contributed by atoms with Crippen LogP contribution in [0.1, 0.15) is 48.9 Å². The Labute approximate surface area is 118 Å². The van der Waals surface area contributed by atoms with Crippen LogP contribution < -0.4 is 10.9 Å². The lowest BCUT2D eigenvalue weighted by Gasteiger charge is -2.21. The number of carbonyl (C=O) groups is 1. The van der Waals surface area contributed by atoms with Crippen LogP contribution in [0.15, 0.2) is 23.1 Å². The molecule has 20 heavy (non-hydrogen) atoms. The van der Waals surface area contributed by atoms with E-state index in [1.54, 1.807) is 0 Å². The molecule has 2 rings (SSSR count). The van der Waals surface area contributed by atoms with E-state index < -0.39 is 0 Å². The van der Waals surface area contributed by atoms with Crippen molar-refractivity contribution in [3.8, 4) is 0 Å². The number of hydrogen-bond donors (Lipinski definition) is 2. The Morgan fingerprint density at radius 1 is 1.30 bits per heavy atom. The number of pyridine rings is 1. The standard InChI is InChI=1S/C15H22N2O3/c18-14-8-7-12(11-17-14)15(19)16-9-4-10-20-13-5-2-1-3-6-13/h7-8,11,13H,1-6,9-10H2,(H,16,19)(H,17,18). The molecule has 110 valence electrons. The van der Waals surface area contributed by atoms with Crippen molar-refractivity contribution in [1.82, 2.24) is 10.3 Å². The number of hydrogen-bond acceptors (Lipinski definition) is 3. The first-order valence-electron chi connectivity index (χ1n) is 7.34. The maximum Gasteiger partial charge on any atom is 0.252 e. The molecular weight excluding hydrogens is 256 g/mol. The van der Waals surface area contributed by atoms with Gasteiger partial charge < -0.3 is 15.0 Å². The Morgan fingerprint density at radius 2 is 2.10 bits per heavy atom. The summed E-state index contributed by atoms with van der Waals surface area (Å²) in [7, 11) is 0. The first-order valence-corrected chi connectivity index (χ1v) is 7.34. The van der Waals surface area contributed by atoms with Crippen molar-refractivity contribution >= 4 is 5.91 Å². The fourth-order valence-electron chi connectivity index (χ4n) is 2.41. The largest absolute Gasteiger partial charge is 0.378 e. The van der Waals surface area contributed by atoms with Crippen molar-refractivity contribution in [2.24, 2.45) is 0 Å². The lowest BCUT2D eigenvalue weighted by molar-refractivity contribution is 0.0273. The predicted octanol–water partition coefficient (Wildman–Crippen LogP) is 1.84. The maximum absolute atomic E-state index is 11.7. The minimum absolute atomic E-state index is 0.168. The molecule has 0 atom stereocenters. The van der Waals surface area contributed by atoms with Crippen LogP contribution in [0.5, 0.6) is 0 Å². The molecule has 0 radical (unpaired) electrons. The number of aromatic nitrogens is 1. The molecule has 0 aliphatic heterocycles. The number of carbonyl (C=O) groups excluding carboxylic acids is 1. The zero-order chi connectivity index (χ0) is 14.2. The van der Waals surface area contributed by atoms with Crippen LogP contribution in [0.2, 0.25) is 0 Å². The molecular formula is C15H22N2O3. The number of nitrogens with one attached hydrogen (secondary N) is 2. The molecule has 1 aliphatic rings. The average molecular weight is 278 g/mol. The number of H-pyrrole nitrogens is 1. The third kappa shape index (κ3) is 4.81. The van der Waals surface area contributed by atoms with E-state index in [4.69, 9.17) is 4.74 Å². The van der Waals surface area contributed by atoms with Gasteiger partial charge in [0, 0.05) is 25.4 Å². The second-order valence-corrected chi connectivity index (χ2v) is 5.18. The summed E-state index contributed by atoms with van der Waals surface area (Å²) < 4.78 is 5.79. The summed E-state index contributed by atoms with van der Waals surface area (Å²) in [5.74, 6) is -0.168. The highest BCUT2D eigenvalue weighted by atomic mass is 16.5. The summed E-state index contributed by atoms with van der Waals surface area (Å²) in [6.07, 6.45) is 8.87. The van der Waals surface area contributed by atoms with E-state index in [9.17, 15) is 9.59 Å². The summed E-state index contributed by atoms with van der Waals surface area (Å²) in [6.45, 7) is 1.28. The van der Waals surface area contributed by atoms with Crippen LogP contribution in [0.4, 0.5) is 0 Å². The smallest absolute Gasteiger partial charge is 0.252 e. The van der Waals surface area contributed by atoms with Crippen molar-refractivity contribution in [3.05, 3.63) is 34.2 Å². The lowest BCUT2D eigenvalue weighted by atomic mass is 9.98. The predicted molar refractivity (Wildman–Crippen MR) is 76.8 cm³/mol. The van der Waals surface area contributed by atoms with E-state index in [1.165, 1.54) is 50.4 Å². The Hall–Kier alpha value is -1.62. The summed E-state index contributed by atoms with van der Waals surface area (Å²) >= 11 is 0. The maximum atomic E-state index is 11.7. The van der Waals surface area contributed by atoms with E-state index in [-0.39, 0.29) is 11.5 Å². The summed E-state index contributed by atoms with van der Waals surface area (Å²) in [5.41, 5.74) is 0.264. The molecule has 1 fully saturated rings. The van der Waals surface area contributed by atoms with Crippen LogP contribution in [0.3, 0.4) is 0 Å². The number of aromatic amines is 1. The van der Waals surface area contributed by atoms with E-state index >= 15 is 0 Å². The monoisotopic (exact) mass is 278 g/mol. The molecule has 1 aromatic rings. The molecule has 1 saturated carbocycles. The van der Waals surface area contributed by atoms with E-state index in [0.29, 0.717) is 24.8 Å². The molecule has 0 spiro atoms. The minimum Gasteiger partial charge on any atom is -0.378 e. The van der Waals surface area contributed by atoms with E-state index in [2.05, 4.69) is 10.3 Å². The van der Waals surface area contributed by atoms with Crippen molar-refractivity contribution in [2.45, 2.75) is 44.6 Å². The second-order valence-electron chi connectivity index (χ2n) is 5.18. The molecule has 0 unspecified atom stereocenters. The van der Waals surface area contributed by atoms with Gasteiger partial charge in [0.1, 0.15) is 0 Å². The first kappa shape index (κ1) is 14.8. The van der Waals surface area contributed by atoms with E-state index in [0.717, 1.165) is 6.42 Å². The summed E-state index contributed by atoms with van der Waals surface area (Å²) in [4.78, 5) is 25.1.